The molecule has 0 saturated carbocycles. The number of rotatable bonds is 3. The number of hydrogen-bond donors (Lipinski definition) is 1. The molecule has 2 aromatic rings. The SMILES string of the molecule is O=[N+]([O-])c1cnc2ccc(Cl)cc2c1N[C@H]1CCOCC1(F)F. The van der Waals surface area contributed by atoms with Gasteiger partial charge in [0.2, 0.25) is 0 Å². The van der Waals surface area contributed by atoms with E-state index in [1.165, 1.54) is 6.07 Å². The lowest BCUT2D eigenvalue weighted by molar-refractivity contribution is -0.384. The standard InChI is InChI=1S/C14H12ClF2N3O3/c15-8-1-2-10-9(5-8)13(11(6-18-10)20(21)22)19-12-3-4-23-7-14(12,16)17/h1-2,5-6,12H,3-4,7H2,(H,18,19)/t12-/m0/s1. The first-order valence-corrected chi connectivity index (χ1v) is 7.21. The second kappa shape index (κ2) is 5.86. The number of anilines is 1. The Kier molecular flexibility index (Phi) is 4.03. The van der Waals surface area contributed by atoms with Gasteiger partial charge in [0, 0.05) is 17.0 Å². The summed E-state index contributed by atoms with van der Waals surface area (Å²) >= 11 is 5.93. The predicted molar refractivity (Wildman–Crippen MR) is 81.2 cm³/mol. The number of nitrogens with zero attached hydrogens (tertiary/aromatic N) is 2. The van der Waals surface area contributed by atoms with E-state index >= 15 is 0 Å². The summed E-state index contributed by atoms with van der Waals surface area (Å²) in [7, 11) is 0. The molecule has 0 unspecified atom stereocenters. The molecule has 1 saturated heterocycles. The lowest BCUT2D eigenvalue weighted by atomic mass is 10.0. The van der Waals surface area contributed by atoms with Crippen molar-refractivity contribution in [2.45, 2.75) is 18.4 Å². The summed E-state index contributed by atoms with van der Waals surface area (Å²) in [6.07, 6.45) is 1.09. The van der Waals surface area contributed by atoms with Crippen molar-refractivity contribution in [2.24, 2.45) is 0 Å². The van der Waals surface area contributed by atoms with Crippen molar-refractivity contribution >= 4 is 33.9 Å². The number of nitro groups is 1. The fraction of sp³-hybridized carbons (Fsp3) is 0.357. The zero-order valence-electron chi connectivity index (χ0n) is 11.8. The van der Waals surface area contributed by atoms with Crippen LogP contribution in [0.15, 0.2) is 24.4 Å². The van der Waals surface area contributed by atoms with Crippen LogP contribution in [0.25, 0.3) is 10.9 Å². The second-order valence-electron chi connectivity index (χ2n) is 5.24. The molecule has 1 N–H and O–H groups in total. The molecule has 0 spiro atoms. The van der Waals surface area contributed by atoms with Crippen LogP contribution < -0.4 is 5.32 Å². The van der Waals surface area contributed by atoms with Gasteiger partial charge in [-0.25, -0.2) is 13.8 Å². The smallest absolute Gasteiger partial charge is 0.311 e. The van der Waals surface area contributed by atoms with Crippen molar-refractivity contribution in [3.63, 3.8) is 0 Å². The van der Waals surface area contributed by atoms with Crippen LogP contribution in [-0.4, -0.2) is 35.1 Å². The van der Waals surface area contributed by atoms with Gasteiger partial charge in [0.15, 0.2) is 0 Å². The third-order valence-corrected chi connectivity index (χ3v) is 3.92. The first-order chi connectivity index (χ1) is 10.9. The number of pyridine rings is 1. The van der Waals surface area contributed by atoms with Gasteiger partial charge in [-0.2, -0.15) is 0 Å². The molecule has 1 aromatic carbocycles. The van der Waals surface area contributed by atoms with E-state index in [2.05, 4.69) is 10.3 Å². The molecular weight excluding hydrogens is 332 g/mol. The summed E-state index contributed by atoms with van der Waals surface area (Å²) in [5.41, 5.74) is 0.0500. The van der Waals surface area contributed by atoms with Crippen molar-refractivity contribution < 1.29 is 18.4 Å². The van der Waals surface area contributed by atoms with Crippen molar-refractivity contribution in [1.29, 1.82) is 0 Å². The highest BCUT2D eigenvalue weighted by molar-refractivity contribution is 6.31. The highest BCUT2D eigenvalue weighted by Gasteiger charge is 2.43. The quantitative estimate of drug-likeness (QED) is 0.680. The molecule has 0 radical (unpaired) electrons. The molecule has 3 rings (SSSR count). The van der Waals surface area contributed by atoms with Crippen molar-refractivity contribution in [2.75, 3.05) is 18.5 Å². The molecule has 1 atom stereocenters. The fourth-order valence-electron chi connectivity index (χ4n) is 2.52. The van der Waals surface area contributed by atoms with Crippen LogP contribution in [0.4, 0.5) is 20.2 Å². The van der Waals surface area contributed by atoms with Crippen LogP contribution in [0.3, 0.4) is 0 Å². The average Bonchev–Trinajstić information content (AvgIpc) is 2.49. The van der Waals surface area contributed by atoms with Gasteiger partial charge in [0.1, 0.15) is 18.5 Å². The maximum Gasteiger partial charge on any atom is 0.311 e. The number of nitrogens with one attached hydrogen (secondary N) is 1. The van der Waals surface area contributed by atoms with Gasteiger partial charge in [0.25, 0.3) is 5.92 Å². The third kappa shape index (κ3) is 3.04. The summed E-state index contributed by atoms with van der Waals surface area (Å²) in [5, 5.41) is 14.5. The number of hydrogen-bond acceptors (Lipinski definition) is 5. The van der Waals surface area contributed by atoms with Crippen LogP contribution in [0.1, 0.15) is 6.42 Å². The molecule has 122 valence electrons. The molecule has 23 heavy (non-hydrogen) atoms. The summed E-state index contributed by atoms with van der Waals surface area (Å²) in [6, 6.07) is 3.36. The monoisotopic (exact) mass is 343 g/mol. The van der Waals surface area contributed by atoms with E-state index in [4.69, 9.17) is 16.3 Å². The van der Waals surface area contributed by atoms with Gasteiger partial charge in [0.05, 0.1) is 16.5 Å². The Balaban J connectivity index is 2.11. The molecule has 1 fully saturated rings. The lowest BCUT2D eigenvalue weighted by Crippen LogP contribution is -2.47. The summed E-state index contributed by atoms with van der Waals surface area (Å²) in [5.74, 6) is -3.12. The van der Waals surface area contributed by atoms with Gasteiger partial charge < -0.3 is 10.1 Å². The number of fused-ring (bicyclic) bond motifs is 1. The maximum absolute atomic E-state index is 14.0. The Morgan fingerprint density at radius 1 is 1.48 bits per heavy atom. The fourth-order valence-corrected chi connectivity index (χ4v) is 2.69. The van der Waals surface area contributed by atoms with Crippen molar-refractivity contribution in [1.82, 2.24) is 4.98 Å². The van der Waals surface area contributed by atoms with E-state index in [-0.39, 0.29) is 24.4 Å². The van der Waals surface area contributed by atoms with Gasteiger partial charge in [-0.3, -0.25) is 10.1 Å². The van der Waals surface area contributed by atoms with Crippen molar-refractivity contribution in [3.05, 3.63) is 39.5 Å². The van der Waals surface area contributed by atoms with Crippen LogP contribution in [0.2, 0.25) is 5.02 Å². The Hall–Kier alpha value is -2.06. The van der Waals surface area contributed by atoms with Crippen molar-refractivity contribution in [3.8, 4) is 0 Å². The Labute approximate surface area is 134 Å². The number of aromatic nitrogens is 1. The van der Waals surface area contributed by atoms with Crippen LogP contribution in [0.5, 0.6) is 0 Å². The molecule has 0 aliphatic carbocycles. The number of benzene rings is 1. The molecule has 1 aromatic heterocycles. The molecular formula is C14H12ClF2N3O3. The lowest BCUT2D eigenvalue weighted by Gasteiger charge is -2.32. The Morgan fingerprint density at radius 3 is 2.96 bits per heavy atom. The van der Waals surface area contributed by atoms with Gasteiger partial charge >= 0.3 is 5.69 Å². The molecule has 9 heteroatoms. The van der Waals surface area contributed by atoms with E-state index < -0.39 is 23.5 Å². The highest BCUT2D eigenvalue weighted by Crippen LogP contribution is 2.37. The Morgan fingerprint density at radius 2 is 2.26 bits per heavy atom. The normalized spacial score (nSPS) is 20.4. The zero-order valence-corrected chi connectivity index (χ0v) is 12.5. The summed E-state index contributed by atoms with van der Waals surface area (Å²) in [6.45, 7) is -0.562. The molecule has 2 heterocycles. The maximum atomic E-state index is 14.0. The van der Waals surface area contributed by atoms with Crippen LogP contribution in [0, 0.1) is 10.1 Å². The molecule has 0 amide bonds. The second-order valence-corrected chi connectivity index (χ2v) is 5.67. The first-order valence-electron chi connectivity index (χ1n) is 6.83. The zero-order chi connectivity index (χ0) is 16.6. The minimum atomic E-state index is -3.12. The van der Waals surface area contributed by atoms with E-state index in [0.717, 1.165) is 6.20 Å². The minimum Gasteiger partial charge on any atom is -0.375 e. The van der Waals surface area contributed by atoms with Crippen LogP contribution >= 0.6 is 11.6 Å². The van der Waals surface area contributed by atoms with E-state index in [0.29, 0.717) is 15.9 Å². The van der Waals surface area contributed by atoms with Crippen LogP contribution in [-0.2, 0) is 4.74 Å². The summed E-state index contributed by atoms with van der Waals surface area (Å²) < 4.78 is 32.7. The number of halogens is 3. The van der Waals surface area contributed by atoms with E-state index in [9.17, 15) is 18.9 Å². The largest absolute Gasteiger partial charge is 0.375 e. The van der Waals surface area contributed by atoms with E-state index in [1.54, 1.807) is 12.1 Å². The highest BCUT2D eigenvalue weighted by atomic mass is 35.5. The molecule has 1 aliphatic rings. The molecule has 6 nitrogen and oxygen atoms in total. The topological polar surface area (TPSA) is 77.3 Å². The van der Waals surface area contributed by atoms with Gasteiger partial charge in [-0.05, 0) is 24.6 Å². The summed E-state index contributed by atoms with van der Waals surface area (Å²) in [4.78, 5) is 14.6. The minimum absolute atomic E-state index is 0.00549. The molecule has 0 bridgehead atoms. The number of alkyl halides is 2. The predicted octanol–water partition coefficient (Wildman–Crippen LogP) is 3.63. The van der Waals surface area contributed by atoms with Gasteiger partial charge in [-0.1, -0.05) is 11.6 Å². The van der Waals surface area contributed by atoms with E-state index in [1.807, 2.05) is 0 Å². The molecule has 1 aliphatic heterocycles. The first kappa shape index (κ1) is 15.8. The average molecular weight is 344 g/mol. The Bertz CT molecular complexity index is 772. The third-order valence-electron chi connectivity index (χ3n) is 3.68. The number of ether oxygens (including phenoxy) is 1. The van der Waals surface area contributed by atoms with Gasteiger partial charge in [-0.15, -0.1) is 0 Å².